The lowest BCUT2D eigenvalue weighted by molar-refractivity contribution is 0.00445. The molecular weight excluding hydrogens is 396 g/mol. The quantitative estimate of drug-likeness (QED) is 0.580. The molecule has 0 spiro atoms. The Labute approximate surface area is 185 Å². The SMILES string of the molecule is COc1cc(CN(C)CCn2nc(C)cc2C)ccc1OC[C@H](O)CN1CCOCC1. The zero-order chi connectivity index (χ0) is 22.2. The highest BCUT2D eigenvalue weighted by atomic mass is 16.5. The van der Waals surface area contributed by atoms with Crippen molar-refractivity contribution in [1.29, 1.82) is 0 Å². The molecule has 0 amide bonds. The van der Waals surface area contributed by atoms with Crippen molar-refractivity contribution in [2.45, 2.75) is 33.0 Å². The van der Waals surface area contributed by atoms with Gasteiger partial charge in [0.2, 0.25) is 0 Å². The molecule has 0 aliphatic carbocycles. The molecule has 1 atom stereocenters. The van der Waals surface area contributed by atoms with E-state index < -0.39 is 6.10 Å². The molecule has 8 nitrogen and oxygen atoms in total. The zero-order valence-electron chi connectivity index (χ0n) is 19.2. The van der Waals surface area contributed by atoms with Crippen LogP contribution in [0.15, 0.2) is 24.3 Å². The first-order chi connectivity index (χ1) is 14.9. The lowest BCUT2D eigenvalue weighted by Crippen LogP contribution is -2.42. The van der Waals surface area contributed by atoms with Gasteiger partial charge < -0.3 is 24.2 Å². The predicted molar refractivity (Wildman–Crippen MR) is 120 cm³/mol. The van der Waals surface area contributed by atoms with E-state index in [9.17, 15) is 5.11 Å². The fourth-order valence-corrected chi connectivity index (χ4v) is 3.81. The minimum atomic E-state index is -0.553. The van der Waals surface area contributed by atoms with Crippen LogP contribution in [0.3, 0.4) is 0 Å². The van der Waals surface area contributed by atoms with E-state index in [1.165, 1.54) is 5.69 Å². The molecule has 0 saturated carbocycles. The van der Waals surface area contributed by atoms with E-state index in [0.717, 1.165) is 57.2 Å². The molecule has 1 aliphatic rings. The number of benzene rings is 1. The van der Waals surface area contributed by atoms with Crippen LogP contribution in [0, 0.1) is 13.8 Å². The Morgan fingerprint density at radius 1 is 1.19 bits per heavy atom. The summed E-state index contributed by atoms with van der Waals surface area (Å²) in [6, 6.07) is 8.07. The molecule has 31 heavy (non-hydrogen) atoms. The molecule has 0 bridgehead atoms. The van der Waals surface area contributed by atoms with Gasteiger partial charge in [-0.15, -0.1) is 0 Å². The fraction of sp³-hybridized carbons (Fsp3) is 0.609. The number of likely N-dealkylation sites (N-methyl/N-ethyl adjacent to an activating group) is 1. The molecule has 1 aromatic heterocycles. The van der Waals surface area contributed by atoms with Gasteiger partial charge in [-0.1, -0.05) is 6.07 Å². The van der Waals surface area contributed by atoms with Crippen LogP contribution in [0.4, 0.5) is 0 Å². The molecule has 0 radical (unpaired) electrons. The summed E-state index contributed by atoms with van der Waals surface area (Å²) in [5.41, 5.74) is 3.38. The summed E-state index contributed by atoms with van der Waals surface area (Å²) in [6.07, 6.45) is -0.553. The normalized spacial score (nSPS) is 15.9. The van der Waals surface area contributed by atoms with E-state index in [1.807, 2.05) is 29.8 Å². The highest BCUT2D eigenvalue weighted by Crippen LogP contribution is 2.28. The fourth-order valence-electron chi connectivity index (χ4n) is 3.81. The molecule has 1 saturated heterocycles. The van der Waals surface area contributed by atoms with Crippen LogP contribution >= 0.6 is 0 Å². The third-order valence-corrected chi connectivity index (χ3v) is 5.48. The van der Waals surface area contributed by atoms with Gasteiger partial charge in [-0.2, -0.15) is 5.10 Å². The molecular formula is C23H36N4O4. The Morgan fingerprint density at radius 3 is 2.65 bits per heavy atom. The topological polar surface area (TPSA) is 72.2 Å². The van der Waals surface area contributed by atoms with Crippen molar-refractivity contribution < 1.29 is 19.3 Å². The Bertz CT molecular complexity index is 820. The van der Waals surface area contributed by atoms with Gasteiger partial charge in [0.1, 0.15) is 12.7 Å². The number of ether oxygens (including phenoxy) is 3. The lowest BCUT2D eigenvalue weighted by Gasteiger charge is -2.28. The Morgan fingerprint density at radius 2 is 1.97 bits per heavy atom. The molecule has 1 fully saturated rings. The van der Waals surface area contributed by atoms with Crippen molar-refractivity contribution in [2.24, 2.45) is 0 Å². The van der Waals surface area contributed by atoms with Crippen molar-refractivity contribution >= 4 is 0 Å². The minimum absolute atomic E-state index is 0.232. The summed E-state index contributed by atoms with van der Waals surface area (Å²) < 4.78 is 18.8. The van der Waals surface area contributed by atoms with Gasteiger partial charge in [-0.05, 0) is 44.7 Å². The van der Waals surface area contributed by atoms with E-state index in [1.54, 1.807) is 7.11 Å². The monoisotopic (exact) mass is 432 g/mol. The Balaban J connectivity index is 1.48. The average molecular weight is 433 g/mol. The van der Waals surface area contributed by atoms with Gasteiger partial charge in [0.25, 0.3) is 0 Å². The second-order valence-corrected chi connectivity index (χ2v) is 8.25. The summed E-state index contributed by atoms with van der Waals surface area (Å²) in [5.74, 6) is 1.33. The first-order valence-electron chi connectivity index (χ1n) is 10.9. The van der Waals surface area contributed by atoms with Crippen LogP contribution in [0.25, 0.3) is 0 Å². The van der Waals surface area contributed by atoms with Crippen molar-refractivity contribution in [1.82, 2.24) is 19.6 Å². The molecule has 1 aromatic carbocycles. The number of β-amino-alcohol motifs (C(OH)–C–C–N with tert-alkyl or cyclic N) is 1. The number of aliphatic hydroxyl groups excluding tert-OH is 1. The second kappa shape index (κ2) is 11.5. The van der Waals surface area contributed by atoms with Gasteiger partial charge in [-0.25, -0.2) is 0 Å². The second-order valence-electron chi connectivity index (χ2n) is 8.25. The number of morpholine rings is 1. The van der Waals surface area contributed by atoms with Gasteiger partial charge in [0.15, 0.2) is 11.5 Å². The average Bonchev–Trinajstić information content (AvgIpc) is 3.08. The van der Waals surface area contributed by atoms with E-state index in [4.69, 9.17) is 14.2 Å². The molecule has 1 N–H and O–H groups in total. The Hall–Kier alpha value is -2.13. The number of aryl methyl sites for hydroxylation is 2. The van der Waals surface area contributed by atoms with E-state index in [0.29, 0.717) is 18.0 Å². The third kappa shape index (κ3) is 7.21. The standard InChI is InChI=1S/C23H36N4O4/c1-18-13-19(2)27(24-18)8-7-25(3)15-20-5-6-22(23(14-20)29-4)31-17-21(28)16-26-9-11-30-12-10-26/h5-6,13-14,21,28H,7-12,15-17H2,1-4H3/t21-/m1/s1. The lowest BCUT2D eigenvalue weighted by atomic mass is 10.2. The molecule has 2 aromatic rings. The van der Waals surface area contributed by atoms with E-state index in [-0.39, 0.29) is 6.61 Å². The van der Waals surface area contributed by atoms with Crippen LogP contribution in [0.1, 0.15) is 17.0 Å². The molecule has 172 valence electrons. The first kappa shape index (κ1) is 23.5. The van der Waals surface area contributed by atoms with Crippen molar-refractivity contribution in [3.63, 3.8) is 0 Å². The number of hydrogen-bond acceptors (Lipinski definition) is 7. The molecule has 2 heterocycles. The van der Waals surface area contributed by atoms with Crippen molar-refractivity contribution in [3.05, 3.63) is 41.2 Å². The minimum Gasteiger partial charge on any atom is -0.493 e. The first-order valence-corrected chi connectivity index (χ1v) is 10.9. The maximum Gasteiger partial charge on any atom is 0.161 e. The Kier molecular flexibility index (Phi) is 8.71. The van der Waals surface area contributed by atoms with Crippen LogP contribution in [-0.2, 0) is 17.8 Å². The van der Waals surface area contributed by atoms with Crippen molar-refractivity contribution in [3.8, 4) is 11.5 Å². The van der Waals surface area contributed by atoms with Gasteiger partial charge >= 0.3 is 0 Å². The summed E-state index contributed by atoms with van der Waals surface area (Å²) >= 11 is 0. The van der Waals surface area contributed by atoms with Gasteiger partial charge in [0, 0.05) is 38.4 Å². The van der Waals surface area contributed by atoms with E-state index in [2.05, 4.69) is 34.9 Å². The van der Waals surface area contributed by atoms with Gasteiger partial charge in [-0.3, -0.25) is 9.58 Å². The molecule has 8 heteroatoms. The number of aromatic nitrogens is 2. The highest BCUT2D eigenvalue weighted by Gasteiger charge is 2.16. The summed E-state index contributed by atoms with van der Waals surface area (Å²) in [6.45, 7) is 10.6. The van der Waals surface area contributed by atoms with Crippen LogP contribution in [0.2, 0.25) is 0 Å². The predicted octanol–water partition coefficient (Wildman–Crippen LogP) is 1.71. The smallest absolute Gasteiger partial charge is 0.161 e. The number of methoxy groups -OCH3 is 1. The summed E-state index contributed by atoms with van der Waals surface area (Å²) in [5, 5.41) is 14.8. The number of rotatable bonds is 11. The van der Waals surface area contributed by atoms with E-state index >= 15 is 0 Å². The van der Waals surface area contributed by atoms with Crippen LogP contribution < -0.4 is 9.47 Å². The highest BCUT2D eigenvalue weighted by molar-refractivity contribution is 5.43. The van der Waals surface area contributed by atoms with Gasteiger partial charge in [0.05, 0.1) is 32.6 Å². The number of hydrogen-bond donors (Lipinski definition) is 1. The van der Waals surface area contributed by atoms with Crippen molar-refractivity contribution in [2.75, 3.05) is 60.2 Å². The summed E-state index contributed by atoms with van der Waals surface area (Å²) in [7, 11) is 3.74. The molecule has 0 unspecified atom stereocenters. The number of aliphatic hydroxyl groups is 1. The molecule has 1 aliphatic heterocycles. The summed E-state index contributed by atoms with van der Waals surface area (Å²) in [4.78, 5) is 4.46. The third-order valence-electron chi connectivity index (χ3n) is 5.48. The van der Waals surface area contributed by atoms with Crippen LogP contribution in [0.5, 0.6) is 11.5 Å². The maximum absolute atomic E-state index is 10.3. The zero-order valence-corrected chi connectivity index (χ0v) is 19.2. The number of nitrogens with zero attached hydrogens (tertiary/aromatic N) is 4. The van der Waals surface area contributed by atoms with Crippen LogP contribution in [-0.4, -0.2) is 90.9 Å². The largest absolute Gasteiger partial charge is 0.493 e. The molecule has 3 rings (SSSR count). The maximum atomic E-state index is 10.3.